The molecule has 0 aliphatic carbocycles. The van der Waals surface area contributed by atoms with Crippen molar-refractivity contribution in [1.82, 2.24) is 19.9 Å². The Morgan fingerprint density at radius 3 is 1.72 bits per heavy atom. The first-order valence-electron chi connectivity index (χ1n) is 13.8. The van der Waals surface area contributed by atoms with Gasteiger partial charge in [0.15, 0.2) is 0 Å². The van der Waals surface area contributed by atoms with Gasteiger partial charge >= 0.3 is 33.0 Å². The zero-order valence-corrected chi connectivity index (χ0v) is 26.8. The second kappa shape index (κ2) is 12.5. The van der Waals surface area contributed by atoms with E-state index in [4.69, 9.17) is 19.9 Å². The average Bonchev–Trinajstić information content (AvgIpc) is 3.59. The Kier molecular flexibility index (Phi) is 9.21. The molecule has 0 amide bonds. The van der Waals surface area contributed by atoms with Gasteiger partial charge in [-0.25, -0.2) is 0 Å². The van der Waals surface area contributed by atoms with Crippen LogP contribution < -0.4 is 41.3 Å². The van der Waals surface area contributed by atoms with Gasteiger partial charge in [-0.3, -0.25) is 9.59 Å². The van der Waals surface area contributed by atoms with Crippen molar-refractivity contribution in [3.63, 3.8) is 0 Å². The largest absolute Gasteiger partial charge is 4.00 e. The quantitative estimate of drug-likeness (QED) is 0.245. The van der Waals surface area contributed by atoms with Crippen molar-refractivity contribution in [1.29, 1.82) is 0 Å². The number of carbonyl (C=O) groups is 2. The normalized spacial score (nSPS) is 15.0. The maximum atomic E-state index is 11.5. The minimum atomic E-state index is -0.898. The Morgan fingerprint density at radius 1 is 0.605 bits per heavy atom. The SMILES string of the molecule is C=Cc1c2[n-]c(c1C)/C=c1\[n-]/c(c(CCC(=O)O)c1C)=C\c1[n-]c(c(C)c1CCC(=O)O)/C=c1\[n-]/c(c(C)c1C=C)=C\2.[Pt+4]. The third-order valence-electron chi connectivity index (χ3n) is 8.06. The summed E-state index contributed by atoms with van der Waals surface area (Å²) in [4.78, 5) is 42.7. The first-order valence-corrected chi connectivity index (χ1v) is 13.8. The van der Waals surface area contributed by atoms with Crippen LogP contribution in [0, 0.1) is 27.7 Å². The molecular formula is C34H32N4O4Pt. The van der Waals surface area contributed by atoms with Crippen molar-refractivity contribution in [3.8, 4) is 0 Å². The number of rotatable bonds is 8. The standard InChI is InChI=1S/C34H32N4O4.Pt/c1-7-21-17(3)25-13-26-19(5)23(9-11-33(39)40)31(37-26)16-32-24(10-12-34(41)42)20(6)28(38-32)15-30-22(8-2)18(4)27(36-30)14-29(21)35-25;/h7-8,13-16H,1-2,9-12H2,3-6H3,(H,39,40)(H,41,42);/q-4;+4/b25-13?,26-13-,27-14-,28-15?,29-14?,30-15-,31-16-,32-16?;. The van der Waals surface area contributed by atoms with Gasteiger partial charge in [-0.1, -0.05) is 83.0 Å². The zero-order valence-electron chi connectivity index (χ0n) is 24.5. The Labute approximate surface area is 263 Å². The van der Waals surface area contributed by atoms with Crippen LogP contribution in [0.1, 0.15) is 80.1 Å². The molecule has 2 N–H and O–H groups in total. The topological polar surface area (TPSA) is 131 Å². The molecule has 0 aromatic carbocycles. The Balaban J connectivity index is 0.00000423. The van der Waals surface area contributed by atoms with Crippen LogP contribution in [0.4, 0.5) is 0 Å². The van der Waals surface area contributed by atoms with Crippen LogP contribution in [0.15, 0.2) is 13.2 Å². The van der Waals surface area contributed by atoms with E-state index in [0.29, 0.717) is 40.3 Å². The van der Waals surface area contributed by atoms with Gasteiger partial charge in [0.25, 0.3) is 0 Å². The smallest absolute Gasteiger partial charge is 0.657 e. The third kappa shape index (κ3) is 5.97. The van der Waals surface area contributed by atoms with Crippen LogP contribution in [0.3, 0.4) is 0 Å². The van der Waals surface area contributed by atoms with Crippen LogP contribution in [0.25, 0.3) is 36.5 Å². The molecule has 0 atom stereocenters. The van der Waals surface area contributed by atoms with E-state index in [-0.39, 0.29) is 33.9 Å². The van der Waals surface area contributed by atoms with Crippen molar-refractivity contribution >= 4 is 48.4 Å². The summed E-state index contributed by atoms with van der Waals surface area (Å²) in [7, 11) is 0. The molecule has 0 spiro atoms. The first kappa shape index (κ1) is 31.6. The number of carboxylic acid groups (broad SMARTS) is 2. The molecule has 1 aliphatic heterocycles. The fourth-order valence-electron chi connectivity index (χ4n) is 5.61. The van der Waals surface area contributed by atoms with E-state index in [1.165, 1.54) is 0 Å². The van der Waals surface area contributed by atoms with Gasteiger partial charge in [-0.05, 0) is 51.7 Å². The summed E-state index contributed by atoms with van der Waals surface area (Å²) < 4.78 is 0. The van der Waals surface area contributed by atoms with Crippen molar-refractivity contribution in [2.75, 3.05) is 0 Å². The van der Waals surface area contributed by atoms with Gasteiger partial charge in [0.2, 0.25) is 0 Å². The molecule has 4 aromatic rings. The Bertz CT molecular complexity index is 2030. The summed E-state index contributed by atoms with van der Waals surface area (Å²) >= 11 is 0. The Morgan fingerprint density at radius 2 is 1.09 bits per heavy atom. The molecule has 8 bridgehead atoms. The number of nitrogens with zero attached hydrogens (tertiary/aromatic N) is 4. The molecule has 8 nitrogen and oxygen atoms in total. The van der Waals surface area contributed by atoms with Gasteiger partial charge in [-0.15, -0.1) is 44.2 Å². The van der Waals surface area contributed by atoms with Gasteiger partial charge in [0, 0.05) is 12.8 Å². The van der Waals surface area contributed by atoms with E-state index in [9.17, 15) is 19.8 Å². The second-order valence-electron chi connectivity index (χ2n) is 10.6. The molecule has 0 saturated carbocycles. The van der Waals surface area contributed by atoms with Gasteiger partial charge < -0.3 is 30.1 Å². The zero-order chi connectivity index (χ0) is 30.3. The number of hydrogen-bond donors (Lipinski definition) is 2. The molecule has 0 saturated heterocycles. The number of aromatic nitrogens is 4. The maximum Gasteiger partial charge on any atom is 4.00 e. The predicted molar refractivity (Wildman–Crippen MR) is 163 cm³/mol. The van der Waals surface area contributed by atoms with Gasteiger partial charge in [0.05, 0.1) is 0 Å². The monoisotopic (exact) mass is 755 g/mol. The fourth-order valence-corrected chi connectivity index (χ4v) is 5.61. The Hall–Kier alpha value is -4.29. The molecule has 0 unspecified atom stereocenters. The number of fused-ring (bicyclic) bond motifs is 8. The van der Waals surface area contributed by atoms with E-state index in [1.54, 1.807) is 12.2 Å². The fraction of sp³-hybridized carbons (Fsp3) is 0.235. The van der Waals surface area contributed by atoms with Crippen molar-refractivity contribution < 1.29 is 40.9 Å². The van der Waals surface area contributed by atoms with Crippen molar-refractivity contribution in [3.05, 3.63) is 102 Å². The van der Waals surface area contributed by atoms with Crippen LogP contribution >= 0.6 is 0 Å². The van der Waals surface area contributed by atoms with Gasteiger partial charge in [-0.2, -0.15) is 0 Å². The summed E-state index contributed by atoms with van der Waals surface area (Å²) in [5.41, 5.74) is 9.84. The van der Waals surface area contributed by atoms with E-state index in [0.717, 1.165) is 61.2 Å². The van der Waals surface area contributed by atoms with E-state index < -0.39 is 11.9 Å². The predicted octanol–water partition coefficient (Wildman–Crippen LogP) is 1.70. The molecule has 9 heteroatoms. The third-order valence-corrected chi connectivity index (χ3v) is 8.06. The molecule has 5 rings (SSSR count). The minimum Gasteiger partial charge on any atom is -0.657 e. The first-order chi connectivity index (χ1) is 20.0. The summed E-state index contributed by atoms with van der Waals surface area (Å²) in [5.74, 6) is -1.80. The second-order valence-corrected chi connectivity index (χ2v) is 10.6. The molecule has 222 valence electrons. The average molecular weight is 756 g/mol. The number of aliphatic carboxylic acids is 2. The maximum absolute atomic E-state index is 11.5. The van der Waals surface area contributed by atoms with Crippen LogP contribution in [-0.4, -0.2) is 22.2 Å². The van der Waals surface area contributed by atoms with Crippen LogP contribution in [-0.2, 0) is 43.5 Å². The number of carboxylic acids is 2. The van der Waals surface area contributed by atoms with Gasteiger partial charge in [0.1, 0.15) is 0 Å². The molecule has 0 fully saturated rings. The van der Waals surface area contributed by atoms with E-state index >= 15 is 0 Å². The molecule has 5 heterocycles. The molecule has 1 aliphatic rings. The summed E-state index contributed by atoms with van der Waals surface area (Å²) in [5, 5.41) is 21.7. The number of hydrogen-bond acceptors (Lipinski definition) is 2. The van der Waals surface area contributed by atoms with Crippen LogP contribution in [0.2, 0.25) is 0 Å². The summed E-state index contributed by atoms with van der Waals surface area (Å²) in [6.45, 7) is 15.9. The van der Waals surface area contributed by atoms with E-state index in [2.05, 4.69) is 13.2 Å². The summed E-state index contributed by atoms with van der Waals surface area (Å²) in [6.07, 6.45) is 11.7. The molecule has 43 heavy (non-hydrogen) atoms. The molecular weight excluding hydrogens is 723 g/mol. The van der Waals surface area contributed by atoms with Crippen LogP contribution in [0.5, 0.6) is 0 Å². The molecule has 4 aromatic heterocycles. The summed E-state index contributed by atoms with van der Waals surface area (Å²) in [6, 6.07) is 0. The van der Waals surface area contributed by atoms with Crippen molar-refractivity contribution in [2.24, 2.45) is 0 Å². The van der Waals surface area contributed by atoms with Crippen molar-refractivity contribution in [2.45, 2.75) is 53.4 Å². The minimum absolute atomic E-state index is 0. The van der Waals surface area contributed by atoms with E-state index in [1.807, 2.05) is 52.0 Å². The molecule has 0 radical (unpaired) electrons.